The van der Waals surface area contributed by atoms with Gasteiger partial charge in [0.1, 0.15) is 11.4 Å². The van der Waals surface area contributed by atoms with Crippen LogP contribution < -0.4 is 10.1 Å². The Morgan fingerprint density at radius 3 is 2.73 bits per heavy atom. The maximum Gasteiger partial charge on any atom is 0.275 e. The molecule has 132 valence electrons. The van der Waals surface area contributed by atoms with Crippen LogP contribution in [0.5, 0.6) is 5.75 Å². The number of non-ortho nitro benzene ring substituents is 1. The standard InChI is InChI=1S/C18H15N3O4S/c1-25-15-7-5-12(6-8-15)9-17-20-16(11-26-17)18(22)19-13-3-2-4-14(10-13)21(23)24/h2-8,10-11H,9H2,1H3,(H,19,22). The molecule has 7 nitrogen and oxygen atoms in total. The normalized spacial score (nSPS) is 10.3. The highest BCUT2D eigenvalue weighted by Gasteiger charge is 2.13. The average molecular weight is 369 g/mol. The topological polar surface area (TPSA) is 94.4 Å². The number of hydrogen-bond acceptors (Lipinski definition) is 6. The summed E-state index contributed by atoms with van der Waals surface area (Å²) in [5, 5.41) is 15.9. The van der Waals surface area contributed by atoms with Crippen LogP contribution >= 0.6 is 11.3 Å². The minimum absolute atomic E-state index is 0.0822. The van der Waals surface area contributed by atoms with Crippen LogP contribution in [0.25, 0.3) is 0 Å². The van der Waals surface area contributed by atoms with E-state index in [0.717, 1.165) is 16.3 Å². The predicted octanol–water partition coefficient (Wildman–Crippen LogP) is 3.90. The van der Waals surface area contributed by atoms with Crippen LogP contribution in [-0.2, 0) is 6.42 Å². The molecule has 0 atom stereocenters. The molecule has 0 saturated carbocycles. The van der Waals surface area contributed by atoms with E-state index in [4.69, 9.17) is 4.74 Å². The number of methoxy groups -OCH3 is 1. The van der Waals surface area contributed by atoms with E-state index < -0.39 is 10.8 Å². The van der Waals surface area contributed by atoms with Crippen molar-refractivity contribution in [3.63, 3.8) is 0 Å². The van der Waals surface area contributed by atoms with Crippen LogP contribution in [0.4, 0.5) is 11.4 Å². The molecule has 1 N–H and O–H groups in total. The maximum absolute atomic E-state index is 12.3. The monoisotopic (exact) mass is 369 g/mol. The quantitative estimate of drug-likeness (QED) is 0.525. The fourth-order valence-corrected chi connectivity index (χ4v) is 3.12. The van der Waals surface area contributed by atoms with Crippen molar-refractivity contribution in [3.05, 3.63) is 80.3 Å². The van der Waals surface area contributed by atoms with Gasteiger partial charge >= 0.3 is 0 Å². The maximum atomic E-state index is 12.3. The molecule has 0 aliphatic heterocycles. The molecule has 3 rings (SSSR count). The zero-order chi connectivity index (χ0) is 18.5. The molecule has 0 fully saturated rings. The summed E-state index contributed by atoms with van der Waals surface area (Å²) in [5.74, 6) is 0.382. The molecule has 0 aliphatic rings. The number of nitro benzene ring substituents is 1. The molecule has 26 heavy (non-hydrogen) atoms. The number of ether oxygens (including phenoxy) is 1. The van der Waals surface area contributed by atoms with E-state index in [1.54, 1.807) is 18.6 Å². The highest BCUT2D eigenvalue weighted by Crippen LogP contribution is 2.20. The molecule has 0 unspecified atom stereocenters. The molecule has 3 aromatic rings. The molecule has 1 aromatic heterocycles. The average Bonchev–Trinajstić information content (AvgIpc) is 3.11. The Balaban J connectivity index is 1.67. The first kappa shape index (κ1) is 17.6. The third-order valence-corrected chi connectivity index (χ3v) is 4.46. The molecule has 0 saturated heterocycles. The highest BCUT2D eigenvalue weighted by atomic mass is 32.1. The first-order valence-electron chi connectivity index (χ1n) is 7.68. The number of nitro groups is 1. The Kier molecular flexibility index (Phi) is 5.23. The van der Waals surface area contributed by atoms with Crippen molar-refractivity contribution in [2.45, 2.75) is 6.42 Å². The van der Waals surface area contributed by atoms with Crippen molar-refractivity contribution in [1.82, 2.24) is 4.98 Å². The van der Waals surface area contributed by atoms with Gasteiger partial charge in [-0.25, -0.2) is 4.98 Å². The third kappa shape index (κ3) is 4.22. The lowest BCUT2D eigenvalue weighted by atomic mass is 10.1. The number of nitrogens with one attached hydrogen (secondary N) is 1. The zero-order valence-electron chi connectivity index (χ0n) is 13.8. The second-order valence-corrected chi connectivity index (χ2v) is 6.36. The lowest BCUT2D eigenvalue weighted by Crippen LogP contribution is -2.12. The molecule has 2 aromatic carbocycles. The molecular weight excluding hydrogens is 354 g/mol. The third-order valence-electron chi connectivity index (χ3n) is 3.61. The summed E-state index contributed by atoms with van der Waals surface area (Å²) in [6, 6.07) is 13.4. The number of carbonyl (C=O) groups excluding carboxylic acids is 1. The Morgan fingerprint density at radius 1 is 1.27 bits per heavy atom. The van der Waals surface area contributed by atoms with Gasteiger partial charge in [0.2, 0.25) is 0 Å². The molecule has 0 radical (unpaired) electrons. The molecule has 1 amide bonds. The van der Waals surface area contributed by atoms with E-state index in [-0.39, 0.29) is 11.4 Å². The summed E-state index contributed by atoms with van der Waals surface area (Å²) in [6.07, 6.45) is 0.610. The van der Waals surface area contributed by atoms with Crippen molar-refractivity contribution in [1.29, 1.82) is 0 Å². The van der Waals surface area contributed by atoms with Crippen molar-refractivity contribution >= 4 is 28.6 Å². The first-order valence-corrected chi connectivity index (χ1v) is 8.56. The molecule has 1 heterocycles. The number of amides is 1. The van der Waals surface area contributed by atoms with Gasteiger partial charge in [-0.15, -0.1) is 11.3 Å². The van der Waals surface area contributed by atoms with Crippen molar-refractivity contribution in [2.24, 2.45) is 0 Å². The van der Waals surface area contributed by atoms with Gasteiger partial charge in [-0.1, -0.05) is 18.2 Å². The van der Waals surface area contributed by atoms with E-state index >= 15 is 0 Å². The summed E-state index contributed by atoms with van der Waals surface area (Å²) < 4.78 is 5.13. The van der Waals surface area contributed by atoms with Crippen molar-refractivity contribution < 1.29 is 14.5 Å². The van der Waals surface area contributed by atoms with Crippen LogP contribution in [-0.4, -0.2) is 22.9 Å². The van der Waals surface area contributed by atoms with Crippen LogP contribution in [0.1, 0.15) is 21.1 Å². The fourth-order valence-electron chi connectivity index (χ4n) is 2.31. The van der Waals surface area contributed by atoms with Gasteiger partial charge in [0.25, 0.3) is 11.6 Å². The number of aromatic nitrogens is 1. The van der Waals surface area contributed by atoms with Crippen LogP contribution in [0.3, 0.4) is 0 Å². The Morgan fingerprint density at radius 2 is 2.04 bits per heavy atom. The lowest BCUT2D eigenvalue weighted by Gasteiger charge is -2.03. The lowest BCUT2D eigenvalue weighted by molar-refractivity contribution is -0.384. The Labute approximate surface area is 153 Å². The van der Waals surface area contributed by atoms with Gasteiger partial charge in [0.15, 0.2) is 0 Å². The molecule has 0 aliphatic carbocycles. The Hall–Kier alpha value is -3.26. The van der Waals surface area contributed by atoms with Gasteiger partial charge in [0.05, 0.1) is 17.0 Å². The van der Waals surface area contributed by atoms with Gasteiger partial charge in [-0.05, 0) is 23.8 Å². The van der Waals surface area contributed by atoms with Gasteiger partial charge in [-0.3, -0.25) is 14.9 Å². The van der Waals surface area contributed by atoms with Crippen molar-refractivity contribution in [3.8, 4) is 5.75 Å². The minimum atomic E-state index is -0.508. The summed E-state index contributed by atoms with van der Waals surface area (Å²) in [6.45, 7) is 0. The number of anilines is 1. The molecule has 0 bridgehead atoms. The number of carbonyl (C=O) groups is 1. The SMILES string of the molecule is COc1ccc(Cc2nc(C(=O)Nc3cccc([N+](=O)[O-])c3)cs2)cc1. The second kappa shape index (κ2) is 7.75. The smallest absolute Gasteiger partial charge is 0.275 e. The van der Waals surface area contributed by atoms with E-state index in [0.29, 0.717) is 12.1 Å². The molecule has 0 spiro atoms. The highest BCUT2D eigenvalue weighted by molar-refractivity contribution is 7.09. The number of rotatable bonds is 6. The fraction of sp³-hybridized carbons (Fsp3) is 0.111. The summed E-state index contributed by atoms with van der Waals surface area (Å²) in [4.78, 5) is 26.9. The largest absolute Gasteiger partial charge is 0.497 e. The first-order chi connectivity index (χ1) is 12.5. The second-order valence-electron chi connectivity index (χ2n) is 5.41. The summed E-state index contributed by atoms with van der Waals surface area (Å²) in [7, 11) is 1.61. The van der Waals surface area contributed by atoms with Gasteiger partial charge < -0.3 is 10.1 Å². The van der Waals surface area contributed by atoms with Crippen LogP contribution in [0.2, 0.25) is 0 Å². The number of hydrogen-bond donors (Lipinski definition) is 1. The number of nitrogens with zero attached hydrogens (tertiary/aromatic N) is 2. The molecular formula is C18H15N3O4S. The van der Waals surface area contributed by atoms with E-state index in [1.165, 1.54) is 29.5 Å². The van der Waals surface area contributed by atoms with E-state index in [2.05, 4.69) is 10.3 Å². The van der Waals surface area contributed by atoms with Gasteiger partial charge in [0, 0.05) is 29.6 Å². The van der Waals surface area contributed by atoms with E-state index in [9.17, 15) is 14.9 Å². The Bertz CT molecular complexity index is 938. The molecule has 8 heteroatoms. The zero-order valence-corrected chi connectivity index (χ0v) is 14.7. The minimum Gasteiger partial charge on any atom is -0.497 e. The van der Waals surface area contributed by atoms with E-state index in [1.807, 2.05) is 24.3 Å². The van der Waals surface area contributed by atoms with Crippen molar-refractivity contribution in [2.75, 3.05) is 12.4 Å². The summed E-state index contributed by atoms with van der Waals surface area (Å²) in [5.41, 5.74) is 1.62. The summed E-state index contributed by atoms with van der Waals surface area (Å²) >= 11 is 1.39. The predicted molar refractivity (Wildman–Crippen MR) is 99.0 cm³/mol. The van der Waals surface area contributed by atoms with Crippen LogP contribution in [0.15, 0.2) is 53.9 Å². The van der Waals surface area contributed by atoms with Crippen LogP contribution in [0, 0.1) is 10.1 Å². The number of thiazole rings is 1. The number of benzene rings is 2. The van der Waals surface area contributed by atoms with Gasteiger partial charge in [-0.2, -0.15) is 0 Å².